The number of hydrogen-bond donors (Lipinski definition) is 1. The molecule has 2 N–H and O–H groups in total. The fourth-order valence-electron chi connectivity index (χ4n) is 3.57. The second kappa shape index (κ2) is 8.43. The number of fused-ring (bicyclic) bond motifs is 1. The molecule has 1 aliphatic heterocycles. The summed E-state index contributed by atoms with van der Waals surface area (Å²) in [6.45, 7) is 0.366. The number of amides is 3. The Bertz CT molecular complexity index is 1180. The predicted molar refractivity (Wildman–Crippen MR) is 121 cm³/mol. The van der Waals surface area contributed by atoms with Crippen molar-refractivity contribution in [3.8, 4) is 11.5 Å². The number of carbonyl (C=O) groups excluding carboxylic acids is 2. The van der Waals surface area contributed by atoms with Crippen molar-refractivity contribution >= 4 is 50.1 Å². The molecule has 0 bridgehead atoms. The minimum atomic E-state index is -0.413. The number of hydrogen-bond acceptors (Lipinski definition) is 6. The first-order valence-electron chi connectivity index (χ1n) is 9.59. The second-order valence-corrected chi connectivity index (χ2v) is 7.92. The number of halogens is 1. The first kappa shape index (κ1) is 20.9. The smallest absolute Gasteiger partial charge is 0.331 e. The van der Waals surface area contributed by atoms with Crippen molar-refractivity contribution in [1.29, 1.82) is 0 Å². The van der Waals surface area contributed by atoms with E-state index in [2.05, 4.69) is 20.9 Å². The lowest BCUT2D eigenvalue weighted by atomic mass is 10.1. The van der Waals surface area contributed by atoms with E-state index in [1.165, 1.54) is 12.0 Å². The van der Waals surface area contributed by atoms with Crippen LogP contribution in [0.3, 0.4) is 0 Å². The van der Waals surface area contributed by atoms with Crippen molar-refractivity contribution in [2.24, 2.45) is 0 Å². The van der Waals surface area contributed by atoms with Crippen molar-refractivity contribution in [3.63, 3.8) is 0 Å². The number of anilines is 2. The van der Waals surface area contributed by atoms with Crippen LogP contribution in [0.1, 0.15) is 12.0 Å². The van der Waals surface area contributed by atoms with Crippen LogP contribution < -0.4 is 20.1 Å². The van der Waals surface area contributed by atoms with Crippen LogP contribution in [0.2, 0.25) is 0 Å². The Labute approximate surface area is 187 Å². The van der Waals surface area contributed by atoms with E-state index < -0.39 is 6.03 Å². The monoisotopic (exact) mass is 484 g/mol. The third-order valence-corrected chi connectivity index (χ3v) is 5.98. The van der Waals surface area contributed by atoms with Crippen molar-refractivity contribution in [2.75, 3.05) is 31.4 Å². The maximum Gasteiger partial charge on any atom is 0.331 e. The summed E-state index contributed by atoms with van der Waals surface area (Å²) in [4.78, 5) is 33.0. The zero-order valence-electron chi connectivity index (χ0n) is 17.1. The van der Waals surface area contributed by atoms with Crippen LogP contribution >= 0.6 is 15.9 Å². The van der Waals surface area contributed by atoms with Gasteiger partial charge in [-0.1, -0.05) is 0 Å². The van der Waals surface area contributed by atoms with Gasteiger partial charge in [-0.2, -0.15) is 0 Å². The van der Waals surface area contributed by atoms with E-state index >= 15 is 0 Å². The quantitative estimate of drug-likeness (QED) is 0.550. The number of aromatic nitrogens is 1. The molecule has 2 heterocycles. The summed E-state index contributed by atoms with van der Waals surface area (Å²) < 4.78 is 11.4. The Morgan fingerprint density at radius 1 is 1.13 bits per heavy atom. The van der Waals surface area contributed by atoms with E-state index in [0.29, 0.717) is 28.4 Å². The normalized spacial score (nSPS) is 14.3. The molecule has 2 aromatic carbocycles. The van der Waals surface area contributed by atoms with Gasteiger partial charge < -0.3 is 15.2 Å². The lowest BCUT2D eigenvalue weighted by Gasteiger charge is -2.34. The molecule has 0 radical (unpaired) electrons. The highest BCUT2D eigenvalue weighted by atomic mass is 79.9. The minimum absolute atomic E-state index is 0.0933. The molecule has 160 valence electrons. The first-order valence-corrected chi connectivity index (χ1v) is 10.4. The SMILES string of the molecule is COc1ccc(CN2C(=O)CCN(c3cnc4ccc(Br)c(N)c4c3)C2=O)c(OC)c1. The summed E-state index contributed by atoms with van der Waals surface area (Å²) in [6, 6.07) is 10.4. The highest BCUT2D eigenvalue weighted by molar-refractivity contribution is 9.10. The lowest BCUT2D eigenvalue weighted by molar-refractivity contribution is -0.129. The molecule has 0 atom stereocenters. The maximum atomic E-state index is 13.2. The average Bonchev–Trinajstić information content (AvgIpc) is 2.79. The van der Waals surface area contributed by atoms with E-state index in [4.69, 9.17) is 15.2 Å². The molecule has 0 saturated carbocycles. The molecule has 0 aliphatic carbocycles. The molecule has 31 heavy (non-hydrogen) atoms. The van der Waals surface area contributed by atoms with Crippen LogP contribution in [0, 0.1) is 0 Å². The number of nitrogens with two attached hydrogens (primary N) is 1. The zero-order valence-corrected chi connectivity index (χ0v) is 18.7. The largest absolute Gasteiger partial charge is 0.497 e. The number of nitrogen functional groups attached to an aromatic ring is 1. The Morgan fingerprint density at radius 3 is 2.68 bits per heavy atom. The predicted octanol–water partition coefficient (Wildman–Crippen LogP) is 3.96. The first-order chi connectivity index (χ1) is 14.9. The van der Waals surface area contributed by atoms with Gasteiger partial charge >= 0.3 is 6.03 Å². The average molecular weight is 485 g/mol. The number of pyridine rings is 1. The van der Waals surface area contributed by atoms with Crippen LogP contribution in [0.15, 0.2) is 47.1 Å². The number of ether oxygens (including phenoxy) is 2. The fourth-order valence-corrected chi connectivity index (χ4v) is 3.92. The molecule has 0 unspecified atom stereocenters. The molecule has 4 rings (SSSR count). The molecule has 3 aromatic rings. The number of methoxy groups -OCH3 is 2. The van der Waals surface area contributed by atoms with Gasteiger partial charge in [-0.15, -0.1) is 0 Å². The minimum Gasteiger partial charge on any atom is -0.497 e. The van der Waals surface area contributed by atoms with Crippen LogP contribution in [0.5, 0.6) is 11.5 Å². The molecular formula is C22H21BrN4O4. The van der Waals surface area contributed by atoms with Crippen LogP contribution in [-0.2, 0) is 11.3 Å². The van der Waals surface area contributed by atoms with Crippen LogP contribution in [0.4, 0.5) is 16.2 Å². The van der Waals surface area contributed by atoms with Crippen molar-refractivity contribution in [2.45, 2.75) is 13.0 Å². The standard InChI is InChI=1S/C22H21BrN4O4/c1-30-15-4-3-13(19(10-15)31-2)12-27-20(28)7-8-26(22(27)29)14-9-16-18(25-11-14)6-5-17(23)21(16)24/h3-6,9-11H,7-8,12,24H2,1-2H3. The van der Waals surface area contributed by atoms with Crippen molar-refractivity contribution in [3.05, 3.63) is 52.6 Å². The number of carbonyl (C=O) groups is 2. The number of urea groups is 1. The van der Waals surface area contributed by atoms with E-state index in [-0.39, 0.29) is 25.4 Å². The molecule has 8 nitrogen and oxygen atoms in total. The van der Waals surface area contributed by atoms with Gasteiger partial charge in [-0.25, -0.2) is 4.79 Å². The van der Waals surface area contributed by atoms with Gasteiger partial charge in [0.05, 0.1) is 43.9 Å². The maximum absolute atomic E-state index is 13.2. The molecule has 1 aromatic heterocycles. The number of benzene rings is 2. The topological polar surface area (TPSA) is 98.0 Å². The van der Waals surface area contributed by atoms with Gasteiger partial charge in [0.15, 0.2) is 0 Å². The van der Waals surface area contributed by atoms with Crippen molar-refractivity contribution in [1.82, 2.24) is 9.88 Å². The van der Waals surface area contributed by atoms with E-state index in [1.807, 2.05) is 18.2 Å². The Balaban J connectivity index is 1.65. The molecule has 3 amide bonds. The summed E-state index contributed by atoms with van der Waals surface area (Å²) in [5.74, 6) is 0.932. The molecule has 1 saturated heterocycles. The molecule has 1 aliphatic rings. The Hall–Kier alpha value is -3.33. The van der Waals surface area contributed by atoms with E-state index in [1.54, 1.807) is 36.4 Å². The summed E-state index contributed by atoms with van der Waals surface area (Å²) in [5.41, 5.74) is 8.74. The summed E-state index contributed by atoms with van der Waals surface area (Å²) in [6.07, 6.45) is 1.83. The summed E-state index contributed by atoms with van der Waals surface area (Å²) in [5, 5.41) is 0.736. The van der Waals surface area contributed by atoms with Gasteiger partial charge in [0.1, 0.15) is 11.5 Å². The third kappa shape index (κ3) is 3.88. The third-order valence-electron chi connectivity index (χ3n) is 5.29. The Kier molecular flexibility index (Phi) is 5.69. The van der Waals surface area contributed by atoms with Gasteiger partial charge in [0.2, 0.25) is 5.91 Å². The van der Waals surface area contributed by atoms with Gasteiger partial charge in [0.25, 0.3) is 0 Å². The number of imide groups is 1. The summed E-state index contributed by atoms with van der Waals surface area (Å²) in [7, 11) is 3.10. The van der Waals surface area contributed by atoms with E-state index in [9.17, 15) is 9.59 Å². The summed E-state index contributed by atoms with van der Waals surface area (Å²) >= 11 is 3.42. The number of rotatable bonds is 5. The van der Waals surface area contributed by atoms with Crippen molar-refractivity contribution < 1.29 is 19.1 Å². The Morgan fingerprint density at radius 2 is 1.94 bits per heavy atom. The molecular weight excluding hydrogens is 464 g/mol. The fraction of sp³-hybridized carbons (Fsp3) is 0.227. The second-order valence-electron chi connectivity index (χ2n) is 7.06. The van der Waals surface area contributed by atoms with E-state index in [0.717, 1.165) is 15.4 Å². The van der Waals surface area contributed by atoms with Gasteiger partial charge in [0, 0.05) is 34.5 Å². The van der Waals surface area contributed by atoms with Gasteiger partial charge in [-0.3, -0.25) is 19.6 Å². The van der Waals surface area contributed by atoms with Gasteiger partial charge in [-0.05, 0) is 46.3 Å². The van der Waals surface area contributed by atoms with Crippen LogP contribution in [-0.4, -0.2) is 42.6 Å². The highest BCUT2D eigenvalue weighted by Crippen LogP contribution is 2.32. The molecule has 9 heteroatoms. The zero-order chi connectivity index (χ0) is 22.1. The molecule has 1 fully saturated rings. The van der Waals surface area contributed by atoms with Crippen LogP contribution in [0.25, 0.3) is 10.9 Å². The lowest BCUT2D eigenvalue weighted by Crippen LogP contribution is -2.52. The number of nitrogens with zero attached hydrogens (tertiary/aromatic N) is 3. The highest BCUT2D eigenvalue weighted by Gasteiger charge is 2.33. The molecule has 0 spiro atoms.